The van der Waals surface area contributed by atoms with Gasteiger partial charge >= 0.3 is 0 Å². The monoisotopic (exact) mass is 397 g/mol. The van der Waals surface area contributed by atoms with Crippen molar-refractivity contribution >= 4 is 28.7 Å². The van der Waals surface area contributed by atoms with E-state index in [1.165, 1.54) is 17.5 Å². The minimum absolute atomic E-state index is 0.446. The number of nitrogens with two attached hydrogens (primary N) is 1. The van der Waals surface area contributed by atoms with Crippen molar-refractivity contribution in [1.82, 2.24) is 9.97 Å². The van der Waals surface area contributed by atoms with Gasteiger partial charge in [0.1, 0.15) is 23.5 Å². The van der Waals surface area contributed by atoms with Crippen molar-refractivity contribution < 1.29 is 4.74 Å². The van der Waals surface area contributed by atoms with Crippen molar-refractivity contribution in [3.8, 4) is 11.5 Å². The molecule has 4 rings (SSSR count). The fourth-order valence-corrected chi connectivity index (χ4v) is 3.15. The Balaban J connectivity index is 1.49. The lowest BCUT2D eigenvalue weighted by molar-refractivity contribution is 0.483. The van der Waals surface area contributed by atoms with Crippen LogP contribution in [0.4, 0.5) is 28.7 Å². The lowest BCUT2D eigenvalue weighted by atomic mass is 10.1. The van der Waals surface area contributed by atoms with E-state index in [0.717, 1.165) is 22.9 Å². The van der Waals surface area contributed by atoms with Crippen molar-refractivity contribution in [3.63, 3.8) is 0 Å². The number of rotatable bonds is 6. The number of hydrogen-bond acceptors (Lipinski definition) is 6. The van der Waals surface area contributed by atoms with Crippen molar-refractivity contribution in [1.29, 1.82) is 0 Å². The maximum atomic E-state index is 6.31. The van der Waals surface area contributed by atoms with Crippen molar-refractivity contribution in [2.75, 3.05) is 16.4 Å². The third-order valence-electron chi connectivity index (χ3n) is 4.46. The molecule has 0 amide bonds. The molecule has 150 valence electrons. The average Bonchev–Trinajstić information content (AvgIpc) is 2.72. The van der Waals surface area contributed by atoms with Crippen molar-refractivity contribution in [3.05, 3.63) is 90.3 Å². The summed E-state index contributed by atoms with van der Waals surface area (Å²) in [5.41, 5.74) is 10.9. The number of ether oxygens (including phenoxy) is 1. The lowest BCUT2D eigenvalue weighted by Crippen LogP contribution is -2.05. The Morgan fingerprint density at radius 2 is 1.27 bits per heavy atom. The molecule has 1 heterocycles. The minimum atomic E-state index is 0.446. The standard InChI is InChI=1S/C24H23N5O/c1-16-12-17(2)14-19(13-16)29-24-22(25)23(26-15-27-24)28-18-8-10-21(11-9-18)30-20-6-4-3-5-7-20/h3-15H,25H2,1-2H3,(H2,26,27,28,29). The number of hydrogen-bond donors (Lipinski definition) is 3. The fourth-order valence-electron chi connectivity index (χ4n) is 3.15. The van der Waals surface area contributed by atoms with Gasteiger partial charge in [0.2, 0.25) is 0 Å². The highest BCUT2D eigenvalue weighted by Gasteiger charge is 2.09. The van der Waals surface area contributed by atoms with Crippen LogP contribution >= 0.6 is 0 Å². The van der Waals surface area contributed by atoms with E-state index in [9.17, 15) is 0 Å². The van der Waals surface area contributed by atoms with Crippen LogP contribution in [0, 0.1) is 13.8 Å². The molecule has 0 saturated carbocycles. The second-order valence-electron chi connectivity index (χ2n) is 7.05. The summed E-state index contributed by atoms with van der Waals surface area (Å²) in [4.78, 5) is 8.57. The SMILES string of the molecule is Cc1cc(C)cc(Nc2ncnc(Nc3ccc(Oc4ccccc4)cc3)c2N)c1. The quantitative estimate of drug-likeness (QED) is 0.372. The van der Waals surface area contributed by atoms with Gasteiger partial charge in [0.15, 0.2) is 11.6 Å². The van der Waals surface area contributed by atoms with Gasteiger partial charge in [-0.25, -0.2) is 9.97 Å². The van der Waals surface area contributed by atoms with Crippen LogP contribution in [0.1, 0.15) is 11.1 Å². The summed E-state index contributed by atoms with van der Waals surface area (Å²) >= 11 is 0. The Bertz CT molecular complexity index is 1120. The highest BCUT2D eigenvalue weighted by molar-refractivity contribution is 5.80. The normalized spacial score (nSPS) is 10.5. The molecule has 0 atom stereocenters. The molecule has 0 aliphatic rings. The number of nitrogens with zero attached hydrogens (tertiary/aromatic N) is 2. The Morgan fingerprint density at radius 3 is 1.90 bits per heavy atom. The van der Waals surface area contributed by atoms with Gasteiger partial charge in [-0.1, -0.05) is 24.3 Å². The smallest absolute Gasteiger partial charge is 0.159 e. The minimum Gasteiger partial charge on any atom is -0.457 e. The van der Waals surface area contributed by atoms with E-state index >= 15 is 0 Å². The van der Waals surface area contributed by atoms with E-state index in [4.69, 9.17) is 10.5 Å². The van der Waals surface area contributed by atoms with E-state index in [1.807, 2.05) is 66.7 Å². The van der Waals surface area contributed by atoms with Gasteiger partial charge in [0.05, 0.1) is 0 Å². The summed E-state index contributed by atoms with van der Waals surface area (Å²) in [6.45, 7) is 4.11. The number of nitrogen functional groups attached to an aromatic ring is 1. The molecule has 1 aromatic heterocycles. The summed E-state index contributed by atoms with van der Waals surface area (Å²) in [7, 11) is 0. The summed E-state index contributed by atoms with van der Waals surface area (Å²) in [5, 5.41) is 6.52. The Hall–Kier alpha value is -4.06. The van der Waals surface area contributed by atoms with Crippen LogP contribution in [-0.2, 0) is 0 Å². The molecule has 6 heteroatoms. The predicted molar refractivity (Wildman–Crippen MR) is 122 cm³/mol. The zero-order valence-corrected chi connectivity index (χ0v) is 16.9. The number of anilines is 5. The lowest BCUT2D eigenvalue weighted by Gasteiger charge is -2.14. The second kappa shape index (κ2) is 8.53. The molecule has 0 fully saturated rings. The third-order valence-corrected chi connectivity index (χ3v) is 4.46. The molecular formula is C24H23N5O. The summed E-state index contributed by atoms with van der Waals surface area (Å²) < 4.78 is 5.82. The van der Waals surface area contributed by atoms with Gasteiger partial charge in [-0.2, -0.15) is 0 Å². The molecule has 0 aliphatic carbocycles. The topological polar surface area (TPSA) is 85.1 Å². The Morgan fingerprint density at radius 1 is 0.700 bits per heavy atom. The van der Waals surface area contributed by atoms with Gasteiger partial charge < -0.3 is 21.1 Å². The maximum absolute atomic E-state index is 6.31. The molecule has 0 saturated heterocycles. The van der Waals surface area contributed by atoms with Crippen LogP contribution in [0.25, 0.3) is 0 Å². The van der Waals surface area contributed by atoms with Crippen molar-refractivity contribution in [2.24, 2.45) is 0 Å². The molecule has 3 aromatic carbocycles. The number of aromatic nitrogens is 2. The molecule has 6 nitrogen and oxygen atoms in total. The first kappa shape index (κ1) is 19.3. The molecule has 0 radical (unpaired) electrons. The van der Waals surface area contributed by atoms with Gasteiger partial charge in [-0.05, 0) is 73.5 Å². The molecule has 4 aromatic rings. The fraction of sp³-hybridized carbons (Fsp3) is 0.0833. The molecular weight excluding hydrogens is 374 g/mol. The zero-order valence-electron chi connectivity index (χ0n) is 16.9. The molecule has 0 aliphatic heterocycles. The first-order valence-corrected chi connectivity index (χ1v) is 9.62. The number of aryl methyl sites for hydroxylation is 2. The van der Waals surface area contributed by atoms with E-state index in [0.29, 0.717) is 17.3 Å². The summed E-state index contributed by atoms with van der Waals surface area (Å²) in [5.74, 6) is 2.63. The highest BCUT2D eigenvalue weighted by atomic mass is 16.5. The molecule has 0 bridgehead atoms. The molecule has 30 heavy (non-hydrogen) atoms. The second-order valence-corrected chi connectivity index (χ2v) is 7.05. The molecule has 0 unspecified atom stereocenters. The Kier molecular flexibility index (Phi) is 5.48. The van der Waals surface area contributed by atoms with Crippen LogP contribution in [-0.4, -0.2) is 9.97 Å². The average molecular weight is 397 g/mol. The van der Waals surface area contributed by atoms with E-state index in [-0.39, 0.29) is 0 Å². The summed E-state index contributed by atoms with van der Waals surface area (Å²) in [6, 6.07) is 23.5. The van der Waals surface area contributed by atoms with Gasteiger partial charge in [-0.15, -0.1) is 0 Å². The van der Waals surface area contributed by atoms with Crippen LogP contribution in [0.15, 0.2) is 79.1 Å². The third kappa shape index (κ3) is 4.67. The number of nitrogens with one attached hydrogen (secondary N) is 2. The van der Waals surface area contributed by atoms with Gasteiger partial charge in [-0.3, -0.25) is 0 Å². The van der Waals surface area contributed by atoms with Crippen LogP contribution < -0.4 is 21.1 Å². The van der Waals surface area contributed by atoms with E-state index < -0.39 is 0 Å². The first-order chi connectivity index (χ1) is 14.6. The highest BCUT2D eigenvalue weighted by Crippen LogP contribution is 2.30. The number of benzene rings is 3. The Labute approximate surface area is 175 Å². The van der Waals surface area contributed by atoms with Crippen LogP contribution in [0.2, 0.25) is 0 Å². The summed E-state index contributed by atoms with van der Waals surface area (Å²) in [6.07, 6.45) is 1.48. The molecule has 0 spiro atoms. The van der Waals surface area contributed by atoms with Crippen LogP contribution in [0.5, 0.6) is 11.5 Å². The van der Waals surface area contributed by atoms with Gasteiger partial charge in [0, 0.05) is 11.4 Å². The zero-order chi connectivity index (χ0) is 20.9. The van der Waals surface area contributed by atoms with E-state index in [1.54, 1.807) is 0 Å². The maximum Gasteiger partial charge on any atom is 0.159 e. The van der Waals surface area contributed by atoms with Gasteiger partial charge in [0.25, 0.3) is 0 Å². The largest absolute Gasteiger partial charge is 0.457 e. The predicted octanol–water partition coefficient (Wildman–Crippen LogP) is 5.96. The van der Waals surface area contributed by atoms with Crippen molar-refractivity contribution in [2.45, 2.75) is 13.8 Å². The first-order valence-electron chi connectivity index (χ1n) is 9.62. The molecule has 4 N–H and O–H groups in total. The number of para-hydroxylation sites is 1. The van der Waals surface area contributed by atoms with Crippen LogP contribution in [0.3, 0.4) is 0 Å². The van der Waals surface area contributed by atoms with E-state index in [2.05, 4.69) is 40.5 Å².